The molecule has 0 saturated carbocycles. The summed E-state index contributed by atoms with van der Waals surface area (Å²) in [6.07, 6.45) is 3.32. The van der Waals surface area contributed by atoms with E-state index in [0.717, 1.165) is 38.7 Å². The van der Waals surface area contributed by atoms with E-state index in [1.165, 1.54) is 11.1 Å². The molecule has 0 spiro atoms. The van der Waals surface area contributed by atoms with Crippen LogP contribution in [0.1, 0.15) is 28.9 Å². The van der Waals surface area contributed by atoms with Gasteiger partial charge in [-0.05, 0) is 43.2 Å². The number of aryl methyl sites for hydroxylation is 2. The third kappa shape index (κ3) is 3.10. The Morgan fingerprint density at radius 2 is 2.08 bits per heavy atom. The monoisotopic (exact) mass is 427 g/mol. The molecule has 2 aromatic heterocycles. The lowest BCUT2D eigenvalue weighted by Crippen LogP contribution is -2.03. The normalized spacial score (nSPS) is 16.8. The predicted octanol–water partition coefficient (Wildman–Crippen LogP) is 4.88. The van der Waals surface area contributed by atoms with E-state index in [1.54, 1.807) is 12.5 Å². The first-order chi connectivity index (χ1) is 12.5. The zero-order chi connectivity index (χ0) is 18.3. The van der Waals surface area contributed by atoms with Gasteiger partial charge in [-0.2, -0.15) is 5.10 Å². The van der Waals surface area contributed by atoms with E-state index in [9.17, 15) is 0 Å². The molecular formula is C19H18BrN5S. The number of rotatable bonds is 2. The number of aliphatic imine (C=N–C) groups is 1. The Bertz CT molecular complexity index is 997. The zero-order valence-electron chi connectivity index (χ0n) is 14.8. The average molecular weight is 428 g/mol. The third-order valence-corrected chi connectivity index (χ3v) is 6.31. The van der Waals surface area contributed by atoms with Gasteiger partial charge in [0.2, 0.25) is 0 Å². The molecule has 1 aliphatic heterocycles. The van der Waals surface area contributed by atoms with Crippen molar-refractivity contribution in [2.45, 2.75) is 19.1 Å². The van der Waals surface area contributed by atoms with Gasteiger partial charge in [-0.3, -0.25) is 4.68 Å². The van der Waals surface area contributed by atoms with Crippen molar-refractivity contribution in [2.75, 3.05) is 5.75 Å². The lowest BCUT2D eigenvalue weighted by molar-refractivity contribution is 0.771. The summed E-state index contributed by atoms with van der Waals surface area (Å²) < 4.78 is 2.95. The van der Waals surface area contributed by atoms with Crippen LogP contribution in [0.3, 0.4) is 0 Å². The molecule has 1 unspecified atom stereocenters. The van der Waals surface area contributed by atoms with Crippen molar-refractivity contribution >= 4 is 39.2 Å². The molecule has 0 aliphatic carbocycles. The highest BCUT2D eigenvalue weighted by Crippen LogP contribution is 2.47. The molecule has 1 atom stereocenters. The summed E-state index contributed by atoms with van der Waals surface area (Å²) in [6, 6.07) is 8.36. The van der Waals surface area contributed by atoms with Crippen molar-refractivity contribution in [3.8, 4) is 11.4 Å². The second-order valence-electron chi connectivity index (χ2n) is 6.34. The molecular weight excluding hydrogens is 410 g/mol. The van der Waals surface area contributed by atoms with Crippen molar-refractivity contribution < 1.29 is 0 Å². The van der Waals surface area contributed by atoms with Crippen molar-refractivity contribution in [2.24, 2.45) is 12.0 Å². The highest BCUT2D eigenvalue weighted by molar-refractivity contribution is 9.10. The van der Waals surface area contributed by atoms with Gasteiger partial charge in [-0.1, -0.05) is 22.0 Å². The average Bonchev–Trinajstić information content (AvgIpc) is 2.83. The van der Waals surface area contributed by atoms with Crippen LogP contribution in [-0.2, 0) is 7.05 Å². The number of benzene rings is 1. The first kappa shape index (κ1) is 17.4. The second-order valence-corrected chi connectivity index (χ2v) is 8.35. The molecule has 0 fully saturated rings. The fourth-order valence-electron chi connectivity index (χ4n) is 3.20. The Hall–Kier alpha value is -1.99. The maximum atomic E-state index is 4.85. The van der Waals surface area contributed by atoms with E-state index in [2.05, 4.69) is 57.9 Å². The Kier molecular flexibility index (Phi) is 4.67. The smallest absolute Gasteiger partial charge is 0.155 e. The van der Waals surface area contributed by atoms with Gasteiger partial charge in [0, 0.05) is 34.7 Å². The van der Waals surface area contributed by atoms with Crippen LogP contribution >= 0.6 is 27.7 Å². The van der Waals surface area contributed by atoms with Crippen molar-refractivity contribution in [1.82, 2.24) is 19.7 Å². The SMILES string of the molecule is CC1=Nc2c(c(-c3ccncn3)nn2C)C(c2ccc(Br)cc2C)SC1. The Labute approximate surface area is 165 Å². The fourth-order valence-corrected chi connectivity index (χ4v) is 4.98. The van der Waals surface area contributed by atoms with E-state index in [-0.39, 0.29) is 5.25 Å². The van der Waals surface area contributed by atoms with E-state index < -0.39 is 0 Å². The van der Waals surface area contributed by atoms with Crippen LogP contribution in [0, 0.1) is 6.92 Å². The van der Waals surface area contributed by atoms with Crippen molar-refractivity contribution in [3.05, 3.63) is 58.0 Å². The Balaban J connectivity index is 1.96. The molecule has 0 saturated heterocycles. The summed E-state index contributed by atoms with van der Waals surface area (Å²) >= 11 is 5.46. The fraction of sp³-hybridized carbons (Fsp3) is 0.263. The van der Waals surface area contributed by atoms with Crippen LogP contribution < -0.4 is 0 Å². The van der Waals surface area contributed by atoms with Gasteiger partial charge in [0.1, 0.15) is 12.0 Å². The first-order valence-corrected chi connectivity index (χ1v) is 10.1. The van der Waals surface area contributed by atoms with Gasteiger partial charge in [-0.25, -0.2) is 15.0 Å². The molecule has 1 aromatic carbocycles. The van der Waals surface area contributed by atoms with Crippen LogP contribution in [0.25, 0.3) is 11.4 Å². The summed E-state index contributed by atoms with van der Waals surface area (Å²) in [6.45, 7) is 4.23. The number of hydrogen-bond donors (Lipinski definition) is 0. The van der Waals surface area contributed by atoms with Crippen LogP contribution in [0.4, 0.5) is 5.82 Å². The van der Waals surface area contributed by atoms with Crippen LogP contribution in [0.2, 0.25) is 0 Å². The molecule has 0 amide bonds. The predicted molar refractivity (Wildman–Crippen MR) is 110 cm³/mol. The summed E-state index contributed by atoms with van der Waals surface area (Å²) in [5.74, 6) is 1.80. The number of fused-ring (bicyclic) bond motifs is 1. The molecule has 3 heterocycles. The van der Waals surface area contributed by atoms with E-state index in [1.807, 2.05) is 29.6 Å². The Morgan fingerprint density at radius 3 is 2.81 bits per heavy atom. The largest absolute Gasteiger partial charge is 0.250 e. The van der Waals surface area contributed by atoms with Gasteiger partial charge in [-0.15, -0.1) is 11.8 Å². The minimum absolute atomic E-state index is 0.151. The van der Waals surface area contributed by atoms with Gasteiger partial charge in [0.05, 0.1) is 10.9 Å². The number of nitrogens with zero attached hydrogens (tertiary/aromatic N) is 5. The summed E-state index contributed by atoms with van der Waals surface area (Å²) in [5.41, 5.74) is 6.46. The molecule has 26 heavy (non-hydrogen) atoms. The molecule has 5 nitrogen and oxygen atoms in total. The molecule has 132 valence electrons. The highest BCUT2D eigenvalue weighted by Gasteiger charge is 2.30. The zero-order valence-corrected chi connectivity index (χ0v) is 17.2. The summed E-state index contributed by atoms with van der Waals surface area (Å²) in [4.78, 5) is 13.3. The standard InChI is InChI=1S/C19H18BrN5S/c1-11-8-13(20)4-5-14(11)18-16-17(15-6-7-21-10-22-15)24-25(3)19(16)23-12(2)9-26-18/h4-8,10,18H,9H2,1-3H3. The molecule has 4 rings (SSSR count). The van der Waals surface area contributed by atoms with Gasteiger partial charge in [0.15, 0.2) is 5.82 Å². The van der Waals surface area contributed by atoms with Crippen molar-refractivity contribution in [3.63, 3.8) is 0 Å². The van der Waals surface area contributed by atoms with E-state index in [0.29, 0.717) is 0 Å². The number of hydrogen-bond acceptors (Lipinski definition) is 5. The topological polar surface area (TPSA) is 56.0 Å². The second kappa shape index (κ2) is 6.96. The number of halogens is 1. The van der Waals surface area contributed by atoms with Crippen LogP contribution in [-0.4, -0.2) is 31.2 Å². The lowest BCUT2D eigenvalue weighted by atomic mass is 9.98. The highest BCUT2D eigenvalue weighted by atomic mass is 79.9. The quantitative estimate of drug-likeness (QED) is 0.584. The van der Waals surface area contributed by atoms with E-state index >= 15 is 0 Å². The Morgan fingerprint density at radius 1 is 1.23 bits per heavy atom. The van der Waals surface area contributed by atoms with Gasteiger partial charge in [0.25, 0.3) is 0 Å². The molecule has 0 N–H and O–H groups in total. The van der Waals surface area contributed by atoms with Gasteiger partial charge >= 0.3 is 0 Å². The molecule has 0 bridgehead atoms. The van der Waals surface area contributed by atoms with Gasteiger partial charge < -0.3 is 0 Å². The maximum Gasteiger partial charge on any atom is 0.155 e. The minimum atomic E-state index is 0.151. The molecule has 1 aliphatic rings. The lowest BCUT2D eigenvalue weighted by Gasteiger charge is -2.18. The third-order valence-electron chi connectivity index (χ3n) is 4.41. The summed E-state index contributed by atoms with van der Waals surface area (Å²) in [7, 11) is 1.95. The van der Waals surface area contributed by atoms with Crippen molar-refractivity contribution in [1.29, 1.82) is 0 Å². The maximum absolute atomic E-state index is 4.85. The number of thioether (sulfide) groups is 1. The van der Waals surface area contributed by atoms with Crippen LogP contribution in [0.15, 0.2) is 46.3 Å². The molecule has 7 heteroatoms. The molecule has 3 aromatic rings. The molecule has 0 radical (unpaired) electrons. The van der Waals surface area contributed by atoms with E-state index in [4.69, 9.17) is 10.1 Å². The number of aromatic nitrogens is 4. The summed E-state index contributed by atoms with van der Waals surface area (Å²) in [5, 5.41) is 4.91. The first-order valence-electron chi connectivity index (χ1n) is 8.29. The van der Waals surface area contributed by atoms with Crippen LogP contribution in [0.5, 0.6) is 0 Å². The minimum Gasteiger partial charge on any atom is -0.250 e.